The Hall–Kier alpha value is -3.27. The molecule has 0 aliphatic heterocycles. The molecule has 11 heteroatoms. The van der Waals surface area contributed by atoms with Crippen molar-refractivity contribution in [3.63, 3.8) is 0 Å². The second-order valence-electron chi connectivity index (χ2n) is 7.64. The lowest BCUT2D eigenvalue weighted by Crippen LogP contribution is -2.38. The third kappa shape index (κ3) is 6.38. The number of nitrogens with zero attached hydrogens (tertiary/aromatic N) is 1. The molecule has 2 atom stereocenters. The Morgan fingerprint density at radius 3 is 2.48 bits per heavy atom. The van der Waals surface area contributed by atoms with E-state index < -0.39 is 12.1 Å². The Morgan fingerprint density at radius 2 is 1.85 bits per heavy atom. The summed E-state index contributed by atoms with van der Waals surface area (Å²) in [5, 5.41) is 19.9. The minimum absolute atomic E-state index is 0.0224. The van der Waals surface area contributed by atoms with Gasteiger partial charge in [-0.05, 0) is 49.6 Å². The van der Waals surface area contributed by atoms with Crippen molar-refractivity contribution in [1.82, 2.24) is 15.3 Å². The average molecular weight is 484 g/mol. The van der Waals surface area contributed by atoms with E-state index in [1.54, 1.807) is 6.07 Å². The van der Waals surface area contributed by atoms with Crippen molar-refractivity contribution in [1.29, 1.82) is 0 Å². The van der Waals surface area contributed by atoms with Crippen LogP contribution in [0.5, 0.6) is 5.75 Å². The SMILES string of the molecule is O=C(NC1CCCC(c2nc3ccccc3[nH]2)C1)c1ccc(O)c(Cl)c1.O=C(O)C(F)(F)F. The summed E-state index contributed by atoms with van der Waals surface area (Å²) >= 11 is 5.90. The molecular weight excluding hydrogens is 463 g/mol. The van der Waals surface area contributed by atoms with Gasteiger partial charge in [-0.1, -0.05) is 30.2 Å². The molecule has 0 radical (unpaired) electrons. The summed E-state index contributed by atoms with van der Waals surface area (Å²) in [5.41, 5.74) is 2.48. The summed E-state index contributed by atoms with van der Waals surface area (Å²) < 4.78 is 31.7. The number of imidazole rings is 1. The minimum Gasteiger partial charge on any atom is -0.506 e. The van der Waals surface area contributed by atoms with Crippen LogP contribution >= 0.6 is 11.6 Å². The highest BCUT2D eigenvalue weighted by Gasteiger charge is 2.38. The molecule has 1 saturated carbocycles. The second-order valence-corrected chi connectivity index (χ2v) is 8.05. The van der Waals surface area contributed by atoms with E-state index >= 15 is 0 Å². The molecule has 33 heavy (non-hydrogen) atoms. The number of rotatable bonds is 3. The minimum atomic E-state index is -5.08. The topological polar surface area (TPSA) is 115 Å². The van der Waals surface area contributed by atoms with Gasteiger partial charge in [-0.25, -0.2) is 9.78 Å². The number of hydrogen-bond acceptors (Lipinski definition) is 4. The Kier molecular flexibility index (Phi) is 7.47. The van der Waals surface area contributed by atoms with Gasteiger partial charge in [0.05, 0.1) is 16.1 Å². The van der Waals surface area contributed by atoms with Crippen molar-refractivity contribution in [3.8, 4) is 5.75 Å². The standard InChI is InChI=1S/C20H20ClN3O2.C2HF3O2/c21-15-11-13(8-9-18(15)25)20(26)22-14-5-3-4-12(10-14)19-23-16-6-1-2-7-17(16)24-19;3-2(4,5)1(6)7/h1-2,6-9,11-12,14,25H,3-5,10H2,(H,22,26)(H,23,24);(H,6,7). The van der Waals surface area contributed by atoms with Crippen LogP contribution in [0.3, 0.4) is 0 Å². The van der Waals surface area contributed by atoms with Gasteiger partial charge in [-0.2, -0.15) is 13.2 Å². The van der Waals surface area contributed by atoms with E-state index in [9.17, 15) is 23.1 Å². The van der Waals surface area contributed by atoms with Crippen LogP contribution in [0.1, 0.15) is 47.8 Å². The number of carbonyl (C=O) groups is 2. The van der Waals surface area contributed by atoms with E-state index in [0.717, 1.165) is 42.5 Å². The first kappa shape index (κ1) is 24.4. The van der Waals surface area contributed by atoms with E-state index in [0.29, 0.717) is 11.5 Å². The predicted molar refractivity (Wildman–Crippen MR) is 115 cm³/mol. The zero-order chi connectivity index (χ0) is 24.2. The van der Waals surface area contributed by atoms with Crippen molar-refractivity contribution in [2.24, 2.45) is 0 Å². The molecule has 2 aromatic carbocycles. The normalized spacial score (nSPS) is 18.3. The van der Waals surface area contributed by atoms with Crippen LogP contribution in [0.4, 0.5) is 13.2 Å². The molecule has 1 aliphatic rings. The molecule has 4 rings (SSSR count). The first-order valence-corrected chi connectivity index (χ1v) is 10.5. The summed E-state index contributed by atoms with van der Waals surface area (Å²) in [6.45, 7) is 0. The quantitative estimate of drug-likeness (QED) is 0.418. The number of para-hydroxylation sites is 2. The number of nitrogens with one attached hydrogen (secondary N) is 2. The highest BCUT2D eigenvalue weighted by atomic mass is 35.5. The molecule has 4 N–H and O–H groups in total. The van der Waals surface area contributed by atoms with Crippen LogP contribution in [0.25, 0.3) is 11.0 Å². The number of carboxylic acids is 1. The average Bonchev–Trinajstić information content (AvgIpc) is 3.20. The van der Waals surface area contributed by atoms with E-state index in [-0.39, 0.29) is 22.7 Å². The van der Waals surface area contributed by atoms with Crippen molar-refractivity contribution in [3.05, 3.63) is 58.9 Å². The summed E-state index contributed by atoms with van der Waals surface area (Å²) in [7, 11) is 0. The summed E-state index contributed by atoms with van der Waals surface area (Å²) in [5.74, 6) is -1.64. The van der Waals surface area contributed by atoms with Crippen molar-refractivity contribution in [2.75, 3.05) is 0 Å². The number of carbonyl (C=O) groups excluding carboxylic acids is 1. The van der Waals surface area contributed by atoms with Crippen molar-refractivity contribution in [2.45, 2.75) is 43.8 Å². The number of fused-ring (bicyclic) bond motifs is 1. The van der Waals surface area contributed by atoms with Crippen LogP contribution in [0, 0.1) is 0 Å². The van der Waals surface area contributed by atoms with Gasteiger partial charge in [-0.15, -0.1) is 0 Å². The van der Waals surface area contributed by atoms with Gasteiger partial charge in [0.15, 0.2) is 0 Å². The number of aromatic nitrogens is 2. The van der Waals surface area contributed by atoms with Gasteiger partial charge in [0, 0.05) is 17.5 Å². The number of benzene rings is 2. The largest absolute Gasteiger partial charge is 0.506 e. The van der Waals surface area contributed by atoms with Crippen molar-refractivity contribution < 1.29 is 33.0 Å². The number of aromatic amines is 1. The van der Waals surface area contributed by atoms with Gasteiger partial charge in [0.1, 0.15) is 11.6 Å². The van der Waals surface area contributed by atoms with E-state index in [4.69, 9.17) is 26.5 Å². The number of H-pyrrole nitrogens is 1. The summed E-state index contributed by atoms with van der Waals surface area (Å²) in [6, 6.07) is 12.6. The van der Waals surface area contributed by atoms with Gasteiger partial charge in [-0.3, -0.25) is 4.79 Å². The molecule has 1 aromatic heterocycles. The predicted octanol–water partition coefficient (Wildman–Crippen LogP) is 5.01. The number of phenolic OH excluding ortho intramolecular Hbond substituents is 1. The molecule has 1 amide bonds. The molecule has 3 aromatic rings. The van der Waals surface area contributed by atoms with Gasteiger partial charge in [0.2, 0.25) is 0 Å². The lowest BCUT2D eigenvalue weighted by atomic mass is 9.85. The third-order valence-corrected chi connectivity index (χ3v) is 5.56. The van der Waals surface area contributed by atoms with E-state index in [1.165, 1.54) is 12.1 Å². The summed E-state index contributed by atoms with van der Waals surface area (Å²) in [6.07, 6.45) is -1.16. The number of alkyl halides is 3. The van der Waals surface area contributed by atoms with Crippen LogP contribution < -0.4 is 5.32 Å². The first-order chi connectivity index (χ1) is 15.5. The molecule has 176 valence electrons. The number of aromatic hydroxyl groups is 1. The number of aliphatic carboxylic acids is 1. The Balaban J connectivity index is 0.000000383. The van der Waals surface area contributed by atoms with E-state index in [2.05, 4.69) is 10.3 Å². The van der Waals surface area contributed by atoms with Gasteiger partial charge < -0.3 is 20.5 Å². The maximum absolute atomic E-state index is 12.5. The molecule has 0 spiro atoms. The number of hydrogen-bond donors (Lipinski definition) is 4. The fraction of sp³-hybridized carbons (Fsp3) is 0.318. The monoisotopic (exact) mass is 483 g/mol. The highest BCUT2D eigenvalue weighted by Crippen LogP contribution is 2.32. The lowest BCUT2D eigenvalue weighted by Gasteiger charge is -2.28. The highest BCUT2D eigenvalue weighted by molar-refractivity contribution is 6.32. The third-order valence-electron chi connectivity index (χ3n) is 5.26. The Morgan fingerprint density at radius 1 is 1.15 bits per heavy atom. The molecule has 1 fully saturated rings. The maximum Gasteiger partial charge on any atom is 0.490 e. The van der Waals surface area contributed by atoms with Crippen LogP contribution in [-0.2, 0) is 4.79 Å². The molecule has 1 aliphatic carbocycles. The zero-order valence-corrected chi connectivity index (χ0v) is 18.0. The molecule has 7 nitrogen and oxygen atoms in total. The molecule has 2 unspecified atom stereocenters. The number of amides is 1. The van der Waals surface area contributed by atoms with Gasteiger partial charge in [0.25, 0.3) is 5.91 Å². The second kappa shape index (κ2) is 10.1. The summed E-state index contributed by atoms with van der Waals surface area (Å²) in [4.78, 5) is 29.5. The maximum atomic E-state index is 12.5. The number of phenols is 1. The molecule has 1 heterocycles. The molecule has 0 bridgehead atoms. The lowest BCUT2D eigenvalue weighted by molar-refractivity contribution is -0.192. The van der Waals surface area contributed by atoms with Gasteiger partial charge >= 0.3 is 12.1 Å². The zero-order valence-electron chi connectivity index (χ0n) is 17.2. The Bertz CT molecular complexity index is 1120. The Labute approximate surface area is 191 Å². The number of carboxylic acid groups (broad SMARTS) is 1. The first-order valence-electron chi connectivity index (χ1n) is 10.1. The van der Waals surface area contributed by atoms with Crippen LogP contribution in [-0.4, -0.2) is 44.3 Å². The fourth-order valence-electron chi connectivity index (χ4n) is 3.65. The fourth-order valence-corrected chi connectivity index (χ4v) is 3.83. The smallest absolute Gasteiger partial charge is 0.490 e. The van der Waals surface area contributed by atoms with Crippen LogP contribution in [0.2, 0.25) is 5.02 Å². The van der Waals surface area contributed by atoms with Crippen molar-refractivity contribution >= 4 is 34.5 Å². The number of halogens is 4. The van der Waals surface area contributed by atoms with Crippen LogP contribution in [0.15, 0.2) is 42.5 Å². The van der Waals surface area contributed by atoms with E-state index in [1.807, 2.05) is 24.3 Å². The molecular formula is C22H21ClF3N3O4. The molecule has 0 saturated heterocycles.